The molecule has 228 valence electrons. The number of benzene rings is 2. The van der Waals surface area contributed by atoms with Gasteiger partial charge < -0.3 is 9.47 Å². The molecule has 2 atom stereocenters. The van der Waals surface area contributed by atoms with Gasteiger partial charge in [-0.05, 0) is 83.0 Å². The number of carbonyl (C=O) groups excluding carboxylic acids is 2. The highest BCUT2D eigenvalue weighted by atomic mass is 32.1. The van der Waals surface area contributed by atoms with E-state index in [9.17, 15) is 9.59 Å². The number of esters is 2. The molecule has 2 aliphatic heterocycles. The number of rotatable bonds is 6. The predicted octanol–water partition coefficient (Wildman–Crippen LogP) is 7.29. The first-order chi connectivity index (χ1) is 20.4. The molecule has 2 aliphatic rings. The third kappa shape index (κ3) is 7.27. The summed E-state index contributed by atoms with van der Waals surface area (Å²) in [5.41, 5.74) is 7.03. The third-order valence-corrected chi connectivity index (χ3v) is 10.3. The fraction of sp³-hybridized carbons (Fsp3) is 0.371. The number of methoxy groups -OCH3 is 2. The van der Waals surface area contributed by atoms with Crippen LogP contribution in [0.25, 0.3) is 0 Å². The lowest BCUT2D eigenvalue weighted by atomic mass is 9.97. The fourth-order valence-corrected chi connectivity index (χ4v) is 7.72. The maximum atomic E-state index is 12.4. The highest BCUT2D eigenvalue weighted by Crippen LogP contribution is 2.33. The van der Waals surface area contributed by atoms with E-state index < -0.39 is 0 Å². The van der Waals surface area contributed by atoms with Crippen LogP contribution in [0.3, 0.4) is 0 Å². The van der Waals surface area contributed by atoms with E-state index in [0.29, 0.717) is 0 Å². The van der Waals surface area contributed by atoms with Gasteiger partial charge in [-0.25, -0.2) is 9.59 Å². The van der Waals surface area contributed by atoms with Crippen LogP contribution < -0.4 is 0 Å². The second kappa shape index (κ2) is 14.9. The number of aryl methyl sites for hydroxylation is 2. The first-order valence-electron chi connectivity index (χ1n) is 14.3. The van der Waals surface area contributed by atoms with Crippen molar-refractivity contribution in [3.05, 3.63) is 115 Å². The molecular formula is C35H42N2O4S2. The molecule has 8 heteroatoms. The number of carbonyl (C=O) groups is 2. The topological polar surface area (TPSA) is 59.1 Å². The summed E-state index contributed by atoms with van der Waals surface area (Å²) in [5, 5.41) is 4.27. The number of ether oxygens (including phenoxy) is 2. The Balaban J connectivity index is 0.000000192. The standard InChI is InChI=1S/2C17H19NO2S.CH4/c2*1-12-5-3-4-6-14(12)16(17(19)20-2)18-9-7-15-13(11-18)8-10-21-15;/h2*3-6,8,10,16H,7,9,11H2,1-2H3;1H4/t16-;;/m0../s1. The summed E-state index contributed by atoms with van der Waals surface area (Å²) in [6.45, 7) is 7.50. The summed E-state index contributed by atoms with van der Waals surface area (Å²) in [5.74, 6) is -0.356. The highest BCUT2D eigenvalue weighted by molar-refractivity contribution is 7.10. The Kier molecular flexibility index (Phi) is 11.3. The van der Waals surface area contributed by atoms with Crippen LogP contribution in [-0.4, -0.2) is 49.0 Å². The van der Waals surface area contributed by atoms with E-state index in [4.69, 9.17) is 9.47 Å². The summed E-state index contributed by atoms with van der Waals surface area (Å²) in [7, 11) is 2.93. The number of thiophene rings is 2. The molecule has 4 aromatic rings. The van der Waals surface area contributed by atoms with Crippen LogP contribution in [0, 0.1) is 13.8 Å². The Labute approximate surface area is 263 Å². The quantitative estimate of drug-likeness (QED) is 0.212. The van der Waals surface area contributed by atoms with Gasteiger partial charge >= 0.3 is 11.9 Å². The Hall–Kier alpha value is -3.30. The molecule has 0 saturated heterocycles. The first kappa shape index (κ1) is 32.6. The van der Waals surface area contributed by atoms with Crippen molar-refractivity contribution in [2.24, 2.45) is 0 Å². The Bertz CT molecular complexity index is 1410. The lowest BCUT2D eigenvalue weighted by Crippen LogP contribution is -2.38. The minimum absolute atomic E-state index is 0. The average Bonchev–Trinajstić information content (AvgIpc) is 3.68. The molecule has 0 bridgehead atoms. The molecule has 0 fully saturated rings. The van der Waals surface area contributed by atoms with Gasteiger partial charge in [0, 0.05) is 35.9 Å². The Morgan fingerprint density at radius 2 is 1.07 bits per heavy atom. The van der Waals surface area contributed by atoms with Crippen molar-refractivity contribution in [2.75, 3.05) is 27.3 Å². The van der Waals surface area contributed by atoms with Gasteiger partial charge in [0.25, 0.3) is 0 Å². The Morgan fingerprint density at radius 1 is 0.674 bits per heavy atom. The van der Waals surface area contributed by atoms with Gasteiger partial charge in [0.05, 0.1) is 14.2 Å². The molecule has 0 N–H and O–H groups in total. The van der Waals surface area contributed by atoms with Gasteiger partial charge in [0.15, 0.2) is 0 Å². The van der Waals surface area contributed by atoms with Crippen molar-refractivity contribution in [3.8, 4) is 0 Å². The summed E-state index contributed by atoms with van der Waals surface area (Å²) < 4.78 is 10.1. The summed E-state index contributed by atoms with van der Waals surface area (Å²) in [4.78, 5) is 32.0. The van der Waals surface area contributed by atoms with Crippen LogP contribution >= 0.6 is 22.7 Å². The normalized spacial score (nSPS) is 15.9. The summed E-state index contributed by atoms with van der Waals surface area (Å²) in [6, 6.07) is 19.8. The molecule has 0 saturated carbocycles. The molecule has 0 radical (unpaired) electrons. The minimum atomic E-state index is -0.316. The van der Waals surface area contributed by atoms with E-state index in [2.05, 4.69) is 32.7 Å². The van der Waals surface area contributed by atoms with Crippen molar-refractivity contribution in [2.45, 2.75) is 59.3 Å². The van der Waals surface area contributed by atoms with Crippen molar-refractivity contribution in [1.82, 2.24) is 9.80 Å². The second-order valence-corrected chi connectivity index (χ2v) is 12.7. The van der Waals surface area contributed by atoms with E-state index in [-0.39, 0.29) is 31.4 Å². The van der Waals surface area contributed by atoms with E-state index in [1.54, 1.807) is 0 Å². The van der Waals surface area contributed by atoms with Crippen molar-refractivity contribution in [1.29, 1.82) is 0 Å². The lowest BCUT2D eigenvalue weighted by molar-refractivity contribution is -0.148. The van der Waals surface area contributed by atoms with Crippen molar-refractivity contribution in [3.63, 3.8) is 0 Å². The molecule has 6 rings (SSSR count). The first-order valence-corrected chi connectivity index (χ1v) is 16.0. The van der Waals surface area contributed by atoms with Crippen LogP contribution in [0.4, 0.5) is 0 Å². The minimum Gasteiger partial charge on any atom is -0.468 e. The zero-order chi connectivity index (χ0) is 29.6. The SMILES string of the molecule is C.COC(=O)C(c1ccccc1C)N1CCc2sccc2C1.COC(=O)[C@H](c1ccccc1C)N1CCc2sccc2C1. The van der Waals surface area contributed by atoms with Crippen LogP contribution in [0.5, 0.6) is 0 Å². The van der Waals surface area contributed by atoms with E-state index in [0.717, 1.165) is 61.3 Å². The highest BCUT2D eigenvalue weighted by Gasteiger charge is 2.33. The molecule has 0 aliphatic carbocycles. The van der Waals surface area contributed by atoms with Crippen LogP contribution in [0.15, 0.2) is 71.4 Å². The maximum absolute atomic E-state index is 12.4. The van der Waals surface area contributed by atoms with E-state index in [1.807, 2.05) is 85.1 Å². The molecule has 4 heterocycles. The molecule has 0 spiro atoms. The van der Waals surface area contributed by atoms with Crippen LogP contribution in [0.1, 0.15) is 62.6 Å². The van der Waals surface area contributed by atoms with Gasteiger partial charge in [-0.3, -0.25) is 9.80 Å². The number of hydrogen-bond acceptors (Lipinski definition) is 8. The fourth-order valence-electron chi connectivity index (χ4n) is 5.94. The molecule has 2 aromatic heterocycles. The maximum Gasteiger partial charge on any atom is 0.327 e. The zero-order valence-corrected chi connectivity index (χ0v) is 26.3. The number of nitrogens with zero attached hydrogens (tertiary/aromatic N) is 2. The van der Waals surface area contributed by atoms with Gasteiger partial charge in [0.1, 0.15) is 12.1 Å². The average molecular weight is 619 g/mol. The summed E-state index contributed by atoms with van der Waals surface area (Å²) in [6.07, 6.45) is 2.01. The molecule has 43 heavy (non-hydrogen) atoms. The van der Waals surface area contributed by atoms with Crippen molar-refractivity contribution >= 4 is 34.6 Å². The van der Waals surface area contributed by atoms with Crippen LogP contribution in [0.2, 0.25) is 0 Å². The van der Waals surface area contributed by atoms with Gasteiger partial charge in [-0.1, -0.05) is 56.0 Å². The third-order valence-electron chi connectivity index (χ3n) is 8.22. The van der Waals surface area contributed by atoms with Crippen molar-refractivity contribution < 1.29 is 19.1 Å². The molecule has 1 unspecified atom stereocenters. The molecular weight excluding hydrogens is 577 g/mol. The van der Waals surface area contributed by atoms with Gasteiger partial charge in [-0.2, -0.15) is 0 Å². The predicted molar refractivity (Wildman–Crippen MR) is 175 cm³/mol. The molecule has 6 nitrogen and oxygen atoms in total. The van der Waals surface area contributed by atoms with E-state index in [1.165, 1.54) is 35.1 Å². The lowest BCUT2D eigenvalue weighted by Gasteiger charge is -2.33. The smallest absolute Gasteiger partial charge is 0.327 e. The Morgan fingerprint density at radius 3 is 1.44 bits per heavy atom. The van der Waals surface area contributed by atoms with Gasteiger partial charge in [0.2, 0.25) is 0 Å². The number of fused-ring (bicyclic) bond motifs is 2. The summed E-state index contributed by atoms with van der Waals surface area (Å²) >= 11 is 3.62. The van der Waals surface area contributed by atoms with Crippen LogP contribution in [-0.2, 0) is 45.0 Å². The molecule has 0 amide bonds. The van der Waals surface area contributed by atoms with Gasteiger partial charge in [-0.15, -0.1) is 22.7 Å². The molecule has 2 aromatic carbocycles. The largest absolute Gasteiger partial charge is 0.468 e. The number of hydrogen-bond donors (Lipinski definition) is 0. The monoisotopic (exact) mass is 618 g/mol. The van der Waals surface area contributed by atoms with E-state index >= 15 is 0 Å². The zero-order valence-electron chi connectivity index (χ0n) is 24.7. The second-order valence-electron chi connectivity index (χ2n) is 10.7.